The largest absolute Gasteiger partial charge is 0.366 e. The third-order valence-electron chi connectivity index (χ3n) is 4.28. The van der Waals surface area contributed by atoms with Gasteiger partial charge in [-0.1, -0.05) is 30.3 Å². The average molecular weight is 311 g/mol. The number of halogens is 1. The molecule has 1 N–H and O–H groups in total. The van der Waals surface area contributed by atoms with Gasteiger partial charge in [0.2, 0.25) is 0 Å². The summed E-state index contributed by atoms with van der Waals surface area (Å²) in [6.45, 7) is 3.82. The van der Waals surface area contributed by atoms with Gasteiger partial charge in [0, 0.05) is 26.2 Å². The van der Waals surface area contributed by atoms with Crippen LogP contribution >= 0.6 is 12.4 Å². The van der Waals surface area contributed by atoms with Gasteiger partial charge in [-0.3, -0.25) is 4.79 Å². The first kappa shape index (κ1) is 16.3. The molecule has 3 rings (SSSR count). The fourth-order valence-corrected chi connectivity index (χ4v) is 3.09. The molecule has 2 saturated heterocycles. The molecule has 1 unspecified atom stereocenters. The summed E-state index contributed by atoms with van der Waals surface area (Å²) in [5.74, 6) is 0.745. The molecule has 0 radical (unpaired) electrons. The van der Waals surface area contributed by atoms with Gasteiger partial charge in [-0.2, -0.15) is 0 Å². The number of rotatable bonds is 2. The molecule has 0 saturated carbocycles. The van der Waals surface area contributed by atoms with Crippen LogP contribution in [0.3, 0.4) is 0 Å². The SMILES string of the molecule is Cl.O=C(C1CNCCO1)N1CCC(c2ccccc2)CC1. The van der Waals surface area contributed by atoms with Crippen molar-refractivity contribution < 1.29 is 9.53 Å². The third kappa shape index (κ3) is 3.96. The van der Waals surface area contributed by atoms with E-state index in [0.29, 0.717) is 19.1 Å². The van der Waals surface area contributed by atoms with Crippen molar-refractivity contribution in [1.82, 2.24) is 10.2 Å². The van der Waals surface area contributed by atoms with Crippen molar-refractivity contribution in [2.75, 3.05) is 32.8 Å². The van der Waals surface area contributed by atoms with E-state index in [9.17, 15) is 4.79 Å². The molecule has 1 amide bonds. The first-order valence-electron chi connectivity index (χ1n) is 7.50. The van der Waals surface area contributed by atoms with Crippen molar-refractivity contribution in [1.29, 1.82) is 0 Å². The summed E-state index contributed by atoms with van der Waals surface area (Å²) < 4.78 is 5.55. The topological polar surface area (TPSA) is 41.6 Å². The van der Waals surface area contributed by atoms with Crippen molar-refractivity contribution in [2.45, 2.75) is 24.9 Å². The zero-order valence-electron chi connectivity index (χ0n) is 12.2. The van der Waals surface area contributed by atoms with E-state index in [2.05, 4.69) is 35.6 Å². The van der Waals surface area contributed by atoms with Gasteiger partial charge in [0.25, 0.3) is 5.91 Å². The zero-order valence-corrected chi connectivity index (χ0v) is 13.0. The lowest BCUT2D eigenvalue weighted by molar-refractivity contribution is -0.146. The standard InChI is InChI=1S/C16H22N2O2.ClH/c19-16(15-12-17-8-11-20-15)18-9-6-14(7-10-18)13-4-2-1-3-5-13;/h1-5,14-15,17H,6-12H2;1H. The van der Waals surface area contributed by atoms with Crippen LogP contribution < -0.4 is 5.32 Å². The molecule has 0 bridgehead atoms. The van der Waals surface area contributed by atoms with Crippen LogP contribution in [0.15, 0.2) is 30.3 Å². The van der Waals surface area contributed by atoms with Crippen LogP contribution in [0.4, 0.5) is 0 Å². The van der Waals surface area contributed by atoms with E-state index >= 15 is 0 Å². The van der Waals surface area contributed by atoms with Gasteiger partial charge >= 0.3 is 0 Å². The molecule has 4 nitrogen and oxygen atoms in total. The summed E-state index contributed by atoms with van der Waals surface area (Å²) in [7, 11) is 0. The number of benzene rings is 1. The van der Waals surface area contributed by atoms with Crippen molar-refractivity contribution >= 4 is 18.3 Å². The van der Waals surface area contributed by atoms with Crippen molar-refractivity contribution in [3.05, 3.63) is 35.9 Å². The van der Waals surface area contributed by atoms with E-state index in [-0.39, 0.29) is 24.4 Å². The lowest BCUT2D eigenvalue weighted by Gasteiger charge is -2.35. The first-order valence-corrected chi connectivity index (χ1v) is 7.50. The van der Waals surface area contributed by atoms with Gasteiger partial charge in [0.15, 0.2) is 0 Å². The lowest BCUT2D eigenvalue weighted by atomic mass is 9.89. The molecule has 1 atom stereocenters. The maximum Gasteiger partial charge on any atom is 0.253 e. The molecule has 2 aliphatic rings. The Morgan fingerprint density at radius 1 is 1.19 bits per heavy atom. The highest BCUT2D eigenvalue weighted by molar-refractivity contribution is 5.85. The van der Waals surface area contributed by atoms with Crippen LogP contribution in [-0.4, -0.2) is 49.7 Å². The highest BCUT2D eigenvalue weighted by Crippen LogP contribution is 2.28. The molecular formula is C16H23ClN2O2. The second-order valence-electron chi connectivity index (χ2n) is 5.57. The molecule has 21 heavy (non-hydrogen) atoms. The molecule has 1 aromatic rings. The fourth-order valence-electron chi connectivity index (χ4n) is 3.09. The summed E-state index contributed by atoms with van der Waals surface area (Å²) in [5, 5.41) is 3.22. The molecule has 2 heterocycles. The van der Waals surface area contributed by atoms with Crippen molar-refractivity contribution in [3.8, 4) is 0 Å². The Balaban J connectivity index is 0.00000161. The van der Waals surface area contributed by atoms with E-state index in [1.807, 2.05) is 4.90 Å². The van der Waals surface area contributed by atoms with Crippen LogP contribution in [0.2, 0.25) is 0 Å². The number of carbonyl (C=O) groups excluding carboxylic acids is 1. The minimum Gasteiger partial charge on any atom is -0.366 e. The van der Waals surface area contributed by atoms with Crippen LogP contribution in [-0.2, 0) is 9.53 Å². The number of amides is 1. The molecule has 1 aromatic carbocycles. The Morgan fingerprint density at radius 2 is 1.90 bits per heavy atom. The van der Waals surface area contributed by atoms with Crippen LogP contribution in [0.1, 0.15) is 24.3 Å². The summed E-state index contributed by atoms with van der Waals surface area (Å²) in [6.07, 6.45) is 1.82. The fraction of sp³-hybridized carbons (Fsp3) is 0.562. The predicted molar refractivity (Wildman–Crippen MR) is 84.9 cm³/mol. The predicted octanol–water partition coefficient (Wildman–Crippen LogP) is 1.80. The molecule has 0 spiro atoms. The number of ether oxygens (including phenoxy) is 1. The van der Waals surface area contributed by atoms with E-state index in [1.165, 1.54) is 5.56 Å². The average Bonchev–Trinajstić information content (AvgIpc) is 2.56. The first-order chi connectivity index (χ1) is 9.84. The quantitative estimate of drug-likeness (QED) is 0.906. The number of nitrogens with zero attached hydrogens (tertiary/aromatic N) is 1. The van der Waals surface area contributed by atoms with E-state index in [1.54, 1.807) is 0 Å². The Bertz CT molecular complexity index is 441. The van der Waals surface area contributed by atoms with Crippen LogP contribution in [0.25, 0.3) is 0 Å². The number of nitrogens with one attached hydrogen (secondary N) is 1. The third-order valence-corrected chi connectivity index (χ3v) is 4.28. The Kier molecular flexibility index (Phi) is 6.03. The minimum absolute atomic E-state index is 0. The summed E-state index contributed by atoms with van der Waals surface area (Å²) in [4.78, 5) is 14.3. The van der Waals surface area contributed by atoms with E-state index in [0.717, 1.165) is 32.5 Å². The van der Waals surface area contributed by atoms with Gasteiger partial charge in [0.1, 0.15) is 6.10 Å². The maximum atomic E-state index is 12.4. The maximum absolute atomic E-state index is 12.4. The highest BCUT2D eigenvalue weighted by Gasteiger charge is 2.30. The molecule has 2 fully saturated rings. The molecule has 5 heteroatoms. The molecule has 2 aliphatic heterocycles. The van der Waals surface area contributed by atoms with E-state index < -0.39 is 0 Å². The van der Waals surface area contributed by atoms with Crippen molar-refractivity contribution in [2.24, 2.45) is 0 Å². The normalized spacial score (nSPS) is 23.4. The monoisotopic (exact) mass is 310 g/mol. The number of hydrogen-bond donors (Lipinski definition) is 1. The Hall–Kier alpha value is -1.10. The van der Waals surface area contributed by atoms with Gasteiger partial charge in [-0.15, -0.1) is 12.4 Å². The van der Waals surface area contributed by atoms with Crippen LogP contribution in [0, 0.1) is 0 Å². The number of likely N-dealkylation sites (tertiary alicyclic amines) is 1. The Morgan fingerprint density at radius 3 is 2.52 bits per heavy atom. The number of piperidine rings is 1. The smallest absolute Gasteiger partial charge is 0.253 e. The second-order valence-corrected chi connectivity index (χ2v) is 5.57. The van der Waals surface area contributed by atoms with Gasteiger partial charge in [-0.05, 0) is 24.3 Å². The summed E-state index contributed by atoms with van der Waals surface area (Å²) >= 11 is 0. The van der Waals surface area contributed by atoms with E-state index in [4.69, 9.17) is 4.74 Å². The molecular weight excluding hydrogens is 288 g/mol. The van der Waals surface area contributed by atoms with Gasteiger partial charge in [0.05, 0.1) is 6.61 Å². The van der Waals surface area contributed by atoms with Crippen molar-refractivity contribution in [3.63, 3.8) is 0 Å². The number of carbonyl (C=O) groups is 1. The summed E-state index contributed by atoms with van der Waals surface area (Å²) in [6, 6.07) is 10.6. The van der Waals surface area contributed by atoms with Gasteiger partial charge < -0.3 is 15.0 Å². The molecule has 116 valence electrons. The number of morpholine rings is 1. The zero-order chi connectivity index (χ0) is 13.8. The molecule has 0 aromatic heterocycles. The number of hydrogen-bond acceptors (Lipinski definition) is 3. The molecule has 0 aliphatic carbocycles. The lowest BCUT2D eigenvalue weighted by Crippen LogP contribution is -2.51. The minimum atomic E-state index is -0.281. The second kappa shape index (κ2) is 7.78. The van der Waals surface area contributed by atoms with Crippen LogP contribution in [0.5, 0.6) is 0 Å². The highest BCUT2D eigenvalue weighted by atomic mass is 35.5. The van der Waals surface area contributed by atoms with Gasteiger partial charge in [-0.25, -0.2) is 0 Å². The Labute approximate surface area is 132 Å². The summed E-state index contributed by atoms with van der Waals surface area (Å²) in [5.41, 5.74) is 1.40.